The molecule has 0 unspecified atom stereocenters. The summed E-state index contributed by atoms with van der Waals surface area (Å²) in [6, 6.07) is 5.59. The Morgan fingerprint density at radius 3 is 2.95 bits per heavy atom. The summed E-state index contributed by atoms with van der Waals surface area (Å²) in [5, 5.41) is 5.63. The van der Waals surface area contributed by atoms with Crippen molar-refractivity contribution >= 4 is 23.2 Å². The lowest BCUT2D eigenvalue weighted by Gasteiger charge is -2.15. The van der Waals surface area contributed by atoms with Gasteiger partial charge in [-0.1, -0.05) is 5.92 Å². The molecular formula is C15H17N3O2. The van der Waals surface area contributed by atoms with E-state index in [1.165, 1.54) is 0 Å². The van der Waals surface area contributed by atoms with Crippen molar-refractivity contribution in [3.8, 4) is 12.3 Å². The molecule has 2 rings (SSSR count). The van der Waals surface area contributed by atoms with Gasteiger partial charge in [0.05, 0.1) is 13.1 Å². The number of nitrogens with one attached hydrogen (secondary N) is 2. The van der Waals surface area contributed by atoms with Gasteiger partial charge in [-0.05, 0) is 30.2 Å². The molecule has 2 amide bonds. The molecule has 0 saturated heterocycles. The van der Waals surface area contributed by atoms with Crippen molar-refractivity contribution in [1.82, 2.24) is 5.32 Å². The van der Waals surface area contributed by atoms with E-state index >= 15 is 0 Å². The summed E-state index contributed by atoms with van der Waals surface area (Å²) in [5.74, 6) is 2.31. The van der Waals surface area contributed by atoms with E-state index in [0.29, 0.717) is 13.1 Å². The molecule has 2 N–H and O–H groups in total. The number of nitrogens with zero attached hydrogens (tertiary/aromatic N) is 1. The smallest absolute Gasteiger partial charge is 0.238 e. The number of amides is 2. The number of rotatable bonds is 4. The zero-order chi connectivity index (χ0) is 14.5. The fourth-order valence-electron chi connectivity index (χ4n) is 2.26. The molecule has 0 radical (unpaired) electrons. The zero-order valence-electron chi connectivity index (χ0n) is 11.4. The first-order valence-electron chi connectivity index (χ1n) is 6.47. The molecule has 0 spiro atoms. The van der Waals surface area contributed by atoms with Crippen molar-refractivity contribution in [1.29, 1.82) is 0 Å². The number of benzene rings is 1. The largest absolute Gasteiger partial charge is 0.325 e. The SMILES string of the molecule is C#CCNCC(=O)Nc1ccc2c(c1)CCN2C(C)=O. The van der Waals surface area contributed by atoms with Gasteiger partial charge >= 0.3 is 0 Å². The van der Waals surface area contributed by atoms with E-state index in [0.717, 1.165) is 23.4 Å². The maximum atomic E-state index is 11.7. The Bertz CT molecular complexity index is 575. The Morgan fingerprint density at radius 2 is 2.25 bits per heavy atom. The van der Waals surface area contributed by atoms with E-state index in [9.17, 15) is 9.59 Å². The van der Waals surface area contributed by atoms with Crippen LogP contribution in [0.25, 0.3) is 0 Å². The molecule has 5 nitrogen and oxygen atoms in total. The molecule has 1 aliphatic rings. The normalized spacial score (nSPS) is 12.7. The molecule has 5 heteroatoms. The Hall–Kier alpha value is -2.32. The van der Waals surface area contributed by atoms with Crippen LogP contribution < -0.4 is 15.5 Å². The second-order valence-electron chi connectivity index (χ2n) is 4.62. The number of hydrogen-bond acceptors (Lipinski definition) is 3. The van der Waals surface area contributed by atoms with Gasteiger partial charge in [0.15, 0.2) is 0 Å². The highest BCUT2D eigenvalue weighted by Crippen LogP contribution is 2.30. The van der Waals surface area contributed by atoms with Crippen LogP contribution in [0.3, 0.4) is 0 Å². The van der Waals surface area contributed by atoms with Crippen LogP contribution in [0.5, 0.6) is 0 Å². The topological polar surface area (TPSA) is 61.4 Å². The fraction of sp³-hybridized carbons (Fsp3) is 0.333. The lowest BCUT2D eigenvalue weighted by Crippen LogP contribution is -2.28. The monoisotopic (exact) mass is 271 g/mol. The second kappa shape index (κ2) is 6.22. The van der Waals surface area contributed by atoms with Crippen molar-refractivity contribution in [3.05, 3.63) is 23.8 Å². The molecule has 0 aliphatic carbocycles. The van der Waals surface area contributed by atoms with E-state index in [4.69, 9.17) is 6.42 Å². The number of carbonyl (C=O) groups is 2. The zero-order valence-corrected chi connectivity index (χ0v) is 11.4. The standard InChI is InChI=1S/C15H17N3O2/c1-3-7-16-10-15(20)17-13-4-5-14-12(9-13)6-8-18(14)11(2)19/h1,4-5,9,16H,6-8,10H2,2H3,(H,17,20). The van der Waals surface area contributed by atoms with Crippen LogP contribution in [0.4, 0.5) is 11.4 Å². The van der Waals surface area contributed by atoms with Gasteiger partial charge in [0.25, 0.3) is 0 Å². The maximum absolute atomic E-state index is 11.7. The van der Waals surface area contributed by atoms with Crippen molar-refractivity contribution in [2.75, 3.05) is 29.9 Å². The summed E-state index contributed by atoms with van der Waals surface area (Å²) in [7, 11) is 0. The molecule has 0 bridgehead atoms. The molecule has 0 saturated carbocycles. The number of carbonyl (C=O) groups excluding carboxylic acids is 2. The van der Waals surface area contributed by atoms with Crippen LogP contribution in [0.1, 0.15) is 12.5 Å². The molecule has 104 valence electrons. The van der Waals surface area contributed by atoms with Crippen LogP contribution in [0, 0.1) is 12.3 Å². The van der Waals surface area contributed by atoms with Crippen LogP contribution in [0.15, 0.2) is 18.2 Å². The Kier molecular flexibility index (Phi) is 4.38. The number of fused-ring (bicyclic) bond motifs is 1. The number of anilines is 2. The Labute approximate surface area is 118 Å². The predicted octanol–water partition coefficient (Wildman–Crippen LogP) is 0.757. The van der Waals surface area contributed by atoms with E-state index in [1.807, 2.05) is 12.1 Å². The van der Waals surface area contributed by atoms with Crippen LogP contribution in [-0.2, 0) is 16.0 Å². The summed E-state index contributed by atoms with van der Waals surface area (Å²) >= 11 is 0. The first-order valence-corrected chi connectivity index (χ1v) is 6.47. The van der Waals surface area contributed by atoms with Crippen molar-refractivity contribution < 1.29 is 9.59 Å². The van der Waals surface area contributed by atoms with Gasteiger partial charge in [-0.25, -0.2) is 0 Å². The van der Waals surface area contributed by atoms with Crippen molar-refractivity contribution in [2.45, 2.75) is 13.3 Å². The van der Waals surface area contributed by atoms with E-state index < -0.39 is 0 Å². The molecule has 1 aromatic carbocycles. The van der Waals surface area contributed by atoms with Gasteiger partial charge in [-0.3, -0.25) is 14.9 Å². The van der Waals surface area contributed by atoms with Crippen LogP contribution in [-0.4, -0.2) is 31.4 Å². The Balaban J connectivity index is 2.01. The second-order valence-corrected chi connectivity index (χ2v) is 4.62. The van der Waals surface area contributed by atoms with E-state index in [-0.39, 0.29) is 18.4 Å². The fourth-order valence-corrected chi connectivity index (χ4v) is 2.26. The van der Waals surface area contributed by atoms with Gasteiger partial charge in [0.2, 0.25) is 11.8 Å². The highest BCUT2D eigenvalue weighted by atomic mass is 16.2. The minimum Gasteiger partial charge on any atom is -0.325 e. The molecule has 0 aromatic heterocycles. The first-order chi connectivity index (χ1) is 9.61. The van der Waals surface area contributed by atoms with Crippen molar-refractivity contribution in [3.63, 3.8) is 0 Å². The quantitative estimate of drug-likeness (QED) is 0.628. The number of terminal acetylenes is 1. The minimum absolute atomic E-state index is 0.0408. The molecule has 1 heterocycles. The molecule has 0 atom stereocenters. The van der Waals surface area contributed by atoms with Gasteiger partial charge in [0, 0.05) is 24.8 Å². The third-order valence-electron chi connectivity index (χ3n) is 3.15. The highest BCUT2D eigenvalue weighted by molar-refractivity contribution is 5.96. The number of hydrogen-bond donors (Lipinski definition) is 2. The average molecular weight is 271 g/mol. The summed E-state index contributed by atoms with van der Waals surface area (Å²) in [6.07, 6.45) is 5.90. The van der Waals surface area contributed by atoms with Crippen LogP contribution >= 0.6 is 0 Å². The molecule has 1 aliphatic heterocycles. The summed E-state index contributed by atoms with van der Waals surface area (Å²) in [6.45, 7) is 2.81. The third-order valence-corrected chi connectivity index (χ3v) is 3.15. The minimum atomic E-state index is -0.137. The molecule has 1 aromatic rings. The lowest BCUT2D eigenvalue weighted by molar-refractivity contribution is -0.116. The first kappa shape index (κ1) is 14.1. The van der Waals surface area contributed by atoms with Crippen molar-refractivity contribution in [2.24, 2.45) is 0 Å². The summed E-state index contributed by atoms with van der Waals surface area (Å²) in [5.41, 5.74) is 2.75. The van der Waals surface area contributed by atoms with Gasteiger partial charge in [0.1, 0.15) is 0 Å². The predicted molar refractivity (Wildman–Crippen MR) is 78.5 cm³/mol. The molecular weight excluding hydrogens is 254 g/mol. The maximum Gasteiger partial charge on any atom is 0.238 e. The third kappa shape index (κ3) is 3.16. The van der Waals surface area contributed by atoms with E-state index in [1.54, 1.807) is 17.9 Å². The van der Waals surface area contributed by atoms with Crippen LogP contribution in [0.2, 0.25) is 0 Å². The van der Waals surface area contributed by atoms with Gasteiger partial charge in [-0.15, -0.1) is 6.42 Å². The van der Waals surface area contributed by atoms with Gasteiger partial charge < -0.3 is 10.2 Å². The Morgan fingerprint density at radius 1 is 1.45 bits per heavy atom. The summed E-state index contributed by atoms with van der Waals surface area (Å²) < 4.78 is 0. The van der Waals surface area contributed by atoms with Gasteiger partial charge in [-0.2, -0.15) is 0 Å². The average Bonchev–Trinajstić information content (AvgIpc) is 2.82. The van der Waals surface area contributed by atoms with E-state index in [2.05, 4.69) is 16.6 Å². The summed E-state index contributed by atoms with van der Waals surface area (Å²) in [4.78, 5) is 24.8. The molecule has 20 heavy (non-hydrogen) atoms. The molecule has 0 fully saturated rings. The highest BCUT2D eigenvalue weighted by Gasteiger charge is 2.22. The lowest BCUT2D eigenvalue weighted by atomic mass is 10.1.